The molecule has 3 N–H and O–H groups in total. The van der Waals surface area contributed by atoms with Gasteiger partial charge in [0.2, 0.25) is 11.9 Å². The lowest BCUT2D eigenvalue weighted by Gasteiger charge is -2.21. The Hall–Kier alpha value is -2.61. The third-order valence-electron chi connectivity index (χ3n) is 4.18. The number of hydrogen-bond donors (Lipinski definition) is 2. The number of aromatic nitrogens is 3. The quantitative estimate of drug-likeness (QED) is 0.854. The SMILES string of the molecule is COc1cccc(NC(=O)CN2CCC[C@@H]2c2nc(N)n(C)n2)c1. The van der Waals surface area contributed by atoms with Crippen molar-refractivity contribution in [3.8, 4) is 5.75 Å². The van der Waals surface area contributed by atoms with Gasteiger partial charge in [0, 0.05) is 18.8 Å². The predicted molar refractivity (Wildman–Crippen MR) is 90.6 cm³/mol. The van der Waals surface area contributed by atoms with Crippen molar-refractivity contribution >= 4 is 17.5 Å². The topological polar surface area (TPSA) is 98.3 Å². The van der Waals surface area contributed by atoms with E-state index in [4.69, 9.17) is 10.5 Å². The molecule has 0 radical (unpaired) electrons. The molecule has 0 spiro atoms. The fraction of sp³-hybridized carbons (Fsp3) is 0.438. The van der Waals surface area contributed by atoms with Gasteiger partial charge in [-0.15, -0.1) is 0 Å². The molecule has 1 fully saturated rings. The van der Waals surface area contributed by atoms with Gasteiger partial charge in [0.15, 0.2) is 5.82 Å². The molecule has 0 aliphatic carbocycles. The van der Waals surface area contributed by atoms with Gasteiger partial charge >= 0.3 is 0 Å². The number of nitrogens with two attached hydrogens (primary N) is 1. The number of nitrogens with one attached hydrogen (secondary N) is 1. The van der Waals surface area contributed by atoms with Gasteiger partial charge in [0.1, 0.15) is 5.75 Å². The monoisotopic (exact) mass is 330 g/mol. The number of methoxy groups -OCH3 is 1. The number of carbonyl (C=O) groups is 1. The van der Waals surface area contributed by atoms with Gasteiger partial charge in [-0.3, -0.25) is 9.69 Å². The Morgan fingerprint density at radius 2 is 2.33 bits per heavy atom. The van der Waals surface area contributed by atoms with Crippen LogP contribution in [0.5, 0.6) is 5.75 Å². The second-order valence-electron chi connectivity index (χ2n) is 5.86. The fourth-order valence-corrected chi connectivity index (χ4v) is 2.95. The summed E-state index contributed by atoms with van der Waals surface area (Å²) in [6.07, 6.45) is 1.94. The molecule has 128 valence electrons. The molecule has 1 aliphatic heterocycles. The summed E-state index contributed by atoms with van der Waals surface area (Å²) in [5, 5.41) is 7.25. The van der Waals surface area contributed by atoms with Gasteiger partial charge in [0.25, 0.3) is 0 Å². The first-order valence-electron chi connectivity index (χ1n) is 7.91. The van der Waals surface area contributed by atoms with Crippen molar-refractivity contribution in [2.24, 2.45) is 7.05 Å². The number of carbonyl (C=O) groups excluding carboxylic acids is 1. The van der Waals surface area contributed by atoms with E-state index in [1.54, 1.807) is 24.9 Å². The summed E-state index contributed by atoms with van der Waals surface area (Å²) in [5.74, 6) is 1.71. The van der Waals surface area contributed by atoms with E-state index in [1.165, 1.54) is 0 Å². The molecule has 1 aromatic heterocycles. The number of amides is 1. The Bertz CT molecular complexity index is 710. The van der Waals surface area contributed by atoms with Crippen LogP contribution in [0.1, 0.15) is 24.7 Å². The molecule has 1 aliphatic rings. The zero-order valence-corrected chi connectivity index (χ0v) is 13.9. The third kappa shape index (κ3) is 3.48. The molecule has 1 aromatic carbocycles. The van der Waals surface area contributed by atoms with E-state index in [1.807, 2.05) is 18.2 Å². The molecular formula is C16H22N6O2. The molecular weight excluding hydrogens is 308 g/mol. The average Bonchev–Trinajstić information content (AvgIpc) is 3.14. The van der Waals surface area contributed by atoms with E-state index in [0.29, 0.717) is 24.1 Å². The van der Waals surface area contributed by atoms with E-state index in [2.05, 4.69) is 20.3 Å². The van der Waals surface area contributed by atoms with Crippen molar-refractivity contribution < 1.29 is 9.53 Å². The van der Waals surface area contributed by atoms with E-state index in [0.717, 1.165) is 25.1 Å². The van der Waals surface area contributed by atoms with E-state index < -0.39 is 0 Å². The van der Waals surface area contributed by atoms with Crippen molar-refractivity contribution in [3.63, 3.8) is 0 Å². The van der Waals surface area contributed by atoms with Crippen molar-refractivity contribution in [1.29, 1.82) is 0 Å². The van der Waals surface area contributed by atoms with Gasteiger partial charge < -0.3 is 15.8 Å². The molecule has 1 saturated heterocycles. The van der Waals surface area contributed by atoms with Crippen molar-refractivity contribution in [2.75, 3.05) is 31.2 Å². The molecule has 8 heteroatoms. The number of aryl methyl sites for hydroxylation is 1. The highest BCUT2D eigenvalue weighted by Gasteiger charge is 2.30. The van der Waals surface area contributed by atoms with Crippen LogP contribution in [0.2, 0.25) is 0 Å². The lowest BCUT2D eigenvalue weighted by atomic mass is 10.2. The smallest absolute Gasteiger partial charge is 0.238 e. The van der Waals surface area contributed by atoms with Crippen LogP contribution in [-0.2, 0) is 11.8 Å². The highest BCUT2D eigenvalue weighted by molar-refractivity contribution is 5.92. The van der Waals surface area contributed by atoms with Crippen LogP contribution < -0.4 is 15.8 Å². The van der Waals surface area contributed by atoms with Crippen LogP contribution >= 0.6 is 0 Å². The zero-order valence-electron chi connectivity index (χ0n) is 13.9. The maximum atomic E-state index is 12.4. The van der Waals surface area contributed by atoms with Crippen molar-refractivity contribution in [3.05, 3.63) is 30.1 Å². The number of nitrogens with zero attached hydrogens (tertiary/aromatic N) is 4. The zero-order chi connectivity index (χ0) is 17.1. The minimum atomic E-state index is -0.0703. The number of benzene rings is 1. The molecule has 3 rings (SSSR count). The number of anilines is 2. The summed E-state index contributed by atoms with van der Waals surface area (Å²) in [6.45, 7) is 1.13. The molecule has 8 nitrogen and oxygen atoms in total. The largest absolute Gasteiger partial charge is 0.497 e. The van der Waals surface area contributed by atoms with Crippen LogP contribution in [0.15, 0.2) is 24.3 Å². The second-order valence-corrected chi connectivity index (χ2v) is 5.86. The second kappa shape index (κ2) is 6.88. The molecule has 1 atom stereocenters. The molecule has 0 bridgehead atoms. The molecule has 0 saturated carbocycles. The molecule has 1 amide bonds. The van der Waals surface area contributed by atoms with Crippen LogP contribution in [-0.4, -0.2) is 45.8 Å². The Morgan fingerprint density at radius 3 is 3.04 bits per heavy atom. The standard InChI is InChI=1S/C16H22N6O2/c1-21-16(17)19-15(20-21)13-7-4-8-22(13)10-14(23)18-11-5-3-6-12(9-11)24-2/h3,5-6,9,13H,4,7-8,10H2,1-2H3,(H,18,23)(H2,17,19,20)/t13-/m1/s1. The van der Waals surface area contributed by atoms with E-state index in [9.17, 15) is 4.79 Å². The van der Waals surface area contributed by atoms with Crippen molar-refractivity contribution in [2.45, 2.75) is 18.9 Å². The van der Waals surface area contributed by atoms with Crippen LogP contribution in [0.25, 0.3) is 0 Å². The van der Waals surface area contributed by atoms with Crippen molar-refractivity contribution in [1.82, 2.24) is 19.7 Å². The first-order chi connectivity index (χ1) is 11.6. The lowest BCUT2D eigenvalue weighted by molar-refractivity contribution is -0.117. The Labute approximate surface area is 140 Å². The number of likely N-dealkylation sites (tertiary alicyclic amines) is 1. The third-order valence-corrected chi connectivity index (χ3v) is 4.18. The van der Waals surface area contributed by atoms with Gasteiger partial charge in [0.05, 0.1) is 19.7 Å². The summed E-state index contributed by atoms with van der Waals surface area (Å²) >= 11 is 0. The first kappa shape index (κ1) is 16.3. The van der Waals surface area contributed by atoms with Gasteiger partial charge in [-0.2, -0.15) is 10.1 Å². The highest BCUT2D eigenvalue weighted by atomic mass is 16.5. The van der Waals surface area contributed by atoms with Gasteiger partial charge in [-0.1, -0.05) is 6.07 Å². The van der Waals surface area contributed by atoms with Crippen LogP contribution in [0.4, 0.5) is 11.6 Å². The Morgan fingerprint density at radius 1 is 1.50 bits per heavy atom. The van der Waals surface area contributed by atoms with Gasteiger partial charge in [-0.25, -0.2) is 4.68 Å². The number of rotatable bonds is 5. The Balaban J connectivity index is 1.64. The minimum Gasteiger partial charge on any atom is -0.497 e. The summed E-state index contributed by atoms with van der Waals surface area (Å²) in [7, 11) is 3.36. The molecule has 2 heterocycles. The fourth-order valence-electron chi connectivity index (χ4n) is 2.95. The lowest BCUT2D eigenvalue weighted by Crippen LogP contribution is -2.33. The Kier molecular flexibility index (Phi) is 4.66. The summed E-state index contributed by atoms with van der Waals surface area (Å²) < 4.78 is 6.72. The van der Waals surface area contributed by atoms with Crippen LogP contribution in [0, 0.1) is 0 Å². The summed E-state index contributed by atoms with van der Waals surface area (Å²) in [4.78, 5) is 18.7. The van der Waals surface area contributed by atoms with E-state index >= 15 is 0 Å². The number of hydrogen-bond acceptors (Lipinski definition) is 6. The number of ether oxygens (including phenoxy) is 1. The summed E-state index contributed by atoms with van der Waals surface area (Å²) in [6, 6.07) is 7.34. The first-order valence-corrected chi connectivity index (χ1v) is 7.91. The molecule has 2 aromatic rings. The molecule has 0 unspecified atom stereocenters. The van der Waals surface area contributed by atoms with Crippen LogP contribution in [0.3, 0.4) is 0 Å². The highest BCUT2D eigenvalue weighted by Crippen LogP contribution is 2.30. The predicted octanol–water partition coefficient (Wildman–Crippen LogP) is 1.18. The summed E-state index contributed by atoms with van der Waals surface area (Å²) in [5.41, 5.74) is 6.48. The molecule has 24 heavy (non-hydrogen) atoms. The minimum absolute atomic E-state index is 0.0320. The van der Waals surface area contributed by atoms with Gasteiger partial charge in [-0.05, 0) is 31.5 Å². The number of nitrogen functional groups attached to an aromatic ring is 1. The maximum Gasteiger partial charge on any atom is 0.238 e. The normalized spacial score (nSPS) is 17.8. The maximum absolute atomic E-state index is 12.4. The average molecular weight is 330 g/mol. The van der Waals surface area contributed by atoms with E-state index in [-0.39, 0.29) is 11.9 Å².